The molecule has 0 aromatic heterocycles. The van der Waals surface area contributed by atoms with E-state index >= 15 is 0 Å². The third-order valence-corrected chi connectivity index (χ3v) is 3.58. The minimum Gasteiger partial charge on any atom is -0.352 e. The largest absolute Gasteiger partial charge is 0.390 e. The van der Waals surface area contributed by atoms with Gasteiger partial charge in [0.15, 0.2) is 0 Å². The quantitative estimate of drug-likeness (QED) is 0.897. The Balaban J connectivity index is 2.31. The van der Waals surface area contributed by atoms with Gasteiger partial charge in [0.2, 0.25) is 0 Å². The molecule has 116 valence electrons. The van der Waals surface area contributed by atoms with Gasteiger partial charge < -0.3 is 10.6 Å². The number of alkyl halides is 3. The van der Waals surface area contributed by atoms with Crippen LogP contribution in [0.3, 0.4) is 0 Å². The normalized spacial score (nSPS) is 16.9. The van der Waals surface area contributed by atoms with Crippen molar-refractivity contribution >= 4 is 5.91 Å². The zero-order valence-corrected chi connectivity index (χ0v) is 11.9. The first-order valence-electron chi connectivity index (χ1n) is 7.12. The Hall–Kier alpha value is -1.56. The molecular formula is C15H19F3N2O. The van der Waals surface area contributed by atoms with E-state index in [2.05, 4.69) is 10.6 Å². The number of carbonyl (C=O) groups excluding carboxylic acids is 1. The van der Waals surface area contributed by atoms with Crippen molar-refractivity contribution in [1.29, 1.82) is 0 Å². The Morgan fingerprint density at radius 1 is 1.38 bits per heavy atom. The Bertz CT molecular complexity index is 514. The van der Waals surface area contributed by atoms with Crippen LogP contribution in [-0.2, 0) is 6.42 Å². The summed E-state index contributed by atoms with van der Waals surface area (Å²) >= 11 is 0. The molecule has 0 radical (unpaired) electrons. The van der Waals surface area contributed by atoms with Gasteiger partial charge in [-0.25, -0.2) is 0 Å². The van der Waals surface area contributed by atoms with Crippen molar-refractivity contribution in [3.63, 3.8) is 0 Å². The van der Waals surface area contributed by atoms with Gasteiger partial charge >= 0.3 is 6.18 Å². The molecule has 0 aliphatic carbocycles. The van der Waals surface area contributed by atoms with Crippen molar-refractivity contribution in [3.05, 3.63) is 34.9 Å². The highest BCUT2D eigenvalue weighted by atomic mass is 19.4. The van der Waals surface area contributed by atoms with Gasteiger partial charge in [0.1, 0.15) is 0 Å². The summed E-state index contributed by atoms with van der Waals surface area (Å²) < 4.78 is 38.0. The Morgan fingerprint density at radius 3 is 2.81 bits per heavy atom. The SMILES string of the molecule is CCNC(CC(F)(F)F)c1ccc2c(c1)C(=O)NCCC2. The van der Waals surface area contributed by atoms with Crippen LogP contribution in [0.15, 0.2) is 18.2 Å². The molecule has 1 heterocycles. The molecule has 1 unspecified atom stereocenters. The van der Waals surface area contributed by atoms with Gasteiger partial charge in [0.05, 0.1) is 6.42 Å². The minimum absolute atomic E-state index is 0.202. The van der Waals surface area contributed by atoms with Gasteiger partial charge in [-0.05, 0) is 36.6 Å². The number of halogens is 3. The molecule has 3 nitrogen and oxygen atoms in total. The molecular weight excluding hydrogens is 281 g/mol. The summed E-state index contributed by atoms with van der Waals surface area (Å²) in [4.78, 5) is 12.0. The average molecular weight is 300 g/mol. The maximum atomic E-state index is 12.7. The lowest BCUT2D eigenvalue weighted by Gasteiger charge is -2.21. The van der Waals surface area contributed by atoms with Gasteiger partial charge in [-0.15, -0.1) is 0 Å². The number of carbonyl (C=O) groups is 1. The number of aryl methyl sites for hydroxylation is 1. The fourth-order valence-corrected chi connectivity index (χ4v) is 2.60. The van der Waals surface area contributed by atoms with Crippen LogP contribution in [0.4, 0.5) is 13.2 Å². The monoisotopic (exact) mass is 300 g/mol. The Kier molecular flexibility index (Phi) is 4.88. The van der Waals surface area contributed by atoms with E-state index in [4.69, 9.17) is 0 Å². The lowest BCUT2D eigenvalue weighted by molar-refractivity contribution is -0.140. The fraction of sp³-hybridized carbons (Fsp3) is 0.533. The summed E-state index contributed by atoms with van der Waals surface area (Å²) in [6.07, 6.45) is -3.58. The average Bonchev–Trinajstić information content (AvgIpc) is 2.59. The van der Waals surface area contributed by atoms with Crippen molar-refractivity contribution in [2.75, 3.05) is 13.1 Å². The number of benzene rings is 1. The fourth-order valence-electron chi connectivity index (χ4n) is 2.60. The predicted octanol–water partition coefficient (Wildman–Crippen LogP) is 2.97. The lowest BCUT2D eigenvalue weighted by atomic mass is 9.96. The van der Waals surface area contributed by atoms with Crippen LogP contribution in [0.5, 0.6) is 0 Å². The summed E-state index contributed by atoms with van der Waals surface area (Å²) in [6.45, 7) is 2.80. The van der Waals surface area contributed by atoms with Crippen LogP contribution in [-0.4, -0.2) is 25.2 Å². The van der Waals surface area contributed by atoms with Crippen LogP contribution >= 0.6 is 0 Å². The predicted molar refractivity (Wildman–Crippen MR) is 74.2 cm³/mol. The number of rotatable bonds is 4. The second-order valence-corrected chi connectivity index (χ2v) is 5.21. The van der Waals surface area contributed by atoms with E-state index < -0.39 is 18.6 Å². The lowest BCUT2D eigenvalue weighted by Crippen LogP contribution is -2.27. The molecule has 2 rings (SSSR count). The van der Waals surface area contributed by atoms with E-state index in [0.29, 0.717) is 24.2 Å². The van der Waals surface area contributed by atoms with Crippen LogP contribution in [0.2, 0.25) is 0 Å². The van der Waals surface area contributed by atoms with Gasteiger partial charge in [-0.3, -0.25) is 4.79 Å². The molecule has 1 aromatic carbocycles. The number of fused-ring (bicyclic) bond motifs is 1. The Labute approximate surface area is 121 Å². The zero-order valence-electron chi connectivity index (χ0n) is 11.9. The summed E-state index contributed by atoms with van der Waals surface area (Å²) in [7, 11) is 0. The van der Waals surface area contributed by atoms with Gasteiger partial charge in [0, 0.05) is 18.2 Å². The van der Waals surface area contributed by atoms with Crippen LogP contribution in [0, 0.1) is 0 Å². The third kappa shape index (κ3) is 4.20. The maximum absolute atomic E-state index is 12.7. The number of nitrogens with one attached hydrogen (secondary N) is 2. The van der Waals surface area contributed by atoms with E-state index in [1.54, 1.807) is 25.1 Å². The highest BCUT2D eigenvalue weighted by Crippen LogP contribution is 2.30. The van der Waals surface area contributed by atoms with E-state index in [1.807, 2.05) is 0 Å². The number of hydrogen-bond acceptors (Lipinski definition) is 2. The van der Waals surface area contributed by atoms with Crippen LogP contribution in [0.25, 0.3) is 0 Å². The van der Waals surface area contributed by atoms with Crippen LogP contribution < -0.4 is 10.6 Å². The van der Waals surface area contributed by atoms with Crippen molar-refractivity contribution in [2.24, 2.45) is 0 Å². The van der Waals surface area contributed by atoms with Crippen molar-refractivity contribution in [3.8, 4) is 0 Å². The molecule has 2 N–H and O–H groups in total. The van der Waals surface area contributed by atoms with Gasteiger partial charge in [-0.2, -0.15) is 13.2 Å². The second kappa shape index (κ2) is 6.47. The molecule has 1 atom stereocenters. The zero-order chi connectivity index (χ0) is 15.5. The summed E-state index contributed by atoms with van der Waals surface area (Å²) in [5.74, 6) is -0.202. The van der Waals surface area contributed by atoms with Crippen LogP contribution in [0.1, 0.15) is 47.3 Å². The van der Waals surface area contributed by atoms with E-state index in [0.717, 1.165) is 18.4 Å². The molecule has 0 saturated carbocycles. The van der Waals surface area contributed by atoms with Gasteiger partial charge in [-0.1, -0.05) is 19.1 Å². The molecule has 1 aromatic rings. The summed E-state index contributed by atoms with van der Waals surface area (Å²) in [5, 5.41) is 5.61. The molecule has 1 amide bonds. The first kappa shape index (κ1) is 15.8. The second-order valence-electron chi connectivity index (χ2n) is 5.21. The van der Waals surface area contributed by atoms with Gasteiger partial charge in [0.25, 0.3) is 5.91 Å². The molecule has 0 fully saturated rings. The summed E-state index contributed by atoms with van der Waals surface area (Å²) in [5.41, 5.74) is 1.90. The van der Waals surface area contributed by atoms with Crippen molar-refractivity contribution in [1.82, 2.24) is 10.6 Å². The van der Waals surface area contributed by atoms with E-state index in [1.165, 1.54) is 0 Å². The standard InChI is InChI=1S/C15H19F3N2O/c1-2-19-13(9-15(16,17)18)11-6-5-10-4-3-7-20-14(21)12(10)8-11/h5-6,8,13,19H,2-4,7,9H2,1H3,(H,20,21). The molecule has 0 saturated heterocycles. The molecule has 1 aliphatic heterocycles. The number of amides is 1. The molecule has 6 heteroatoms. The first-order chi connectivity index (χ1) is 9.90. The Morgan fingerprint density at radius 2 is 2.14 bits per heavy atom. The first-order valence-corrected chi connectivity index (χ1v) is 7.12. The number of hydrogen-bond donors (Lipinski definition) is 2. The smallest absolute Gasteiger partial charge is 0.352 e. The topological polar surface area (TPSA) is 41.1 Å². The molecule has 21 heavy (non-hydrogen) atoms. The minimum atomic E-state index is -4.25. The molecule has 0 spiro atoms. The van der Waals surface area contributed by atoms with Crippen molar-refractivity contribution < 1.29 is 18.0 Å². The summed E-state index contributed by atoms with van der Waals surface area (Å²) in [6, 6.07) is 4.23. The van der Waals surface area contributed by atoms with Crippen molar-refractivity contribution in [2.45, 2.75) is 38.4 Å². The molecule has 0 bridgehead atoms. The van der Waals surface area contributed by atoms with E-state index in [-0.39, 0.29) is 5.91 Å². The third-order valence-electron chi connectivity index (χ3n) is 3.58. The highest BCUT2D eigenvalue weighted by molar-refractivity contribution is 5.96. The maximum Gasteiger partial charge on any atom is 0.390 e. The van der Waals surface area contributed by atoms with E-state index in [9.17, 15) is 18.0 Å². The highest BCUT2D eigenvalue weighted by Gasteiger charge is 2.32. The molecule has 1 aliphatic rings.